The molecule has 0 radical (unpaired) electrons. The summed E-state index contributed by atoms with van der Waals surface area (Å²) in [5.41, 5.74) is 4.53. The van der Waals surface area contributed by atoms with Crippen molar-refractivity contribution in [3.05, 3.63) is 59.7 Å². The van der Waals surface area contributed by atoms with E-state index in [1.165, 1.54) is 4.90 Å². The largest absolute Gasteiger partial charge is 0.494 e. The molecule has 182 valence electrons. The number of hydrazine groups is 1. The Morgan fingerprint density at radius 1 is 1.03 bits per heavy atom. The second-order valence-electron chi connectivity index (χ2n) is 7.83. The lowest BCUT2D eigenvalue weighted by Gasteiger charge is -2.31. The molecule has 0 spiro atoms. The summed E-state index contributed by atoms with van der Waals surface area (Å²) in [7, 11) is 0. The fourth-order valence-corrected chi connectivity index (χ4v) is 3.54. The van der Waals surface area contributed by atoms with E-state index in [-0.39, 0.29) is 24.6 Å². The van der Waals surface area contributed by atoms with E-state index in [1.54, 1.807) is 31.2 Å². The van der Waals surface area contributed by atoms with Crippen molar-refractivity contribution in [1.82, 2.24) is 15.8 Å². The van der Waals surface area contributed by atoms with Crippen LogP contribution in [0.5, 0.6) is 11.5 Å². The molecule has 1 heterocycles. The van der Waals surface area contributed by atoms with Gasteiger partial charge in [0.1, 0.15) is 23.1 Å². The normalized spacial score (nSPS) is 14.8. The third-order valence-corrected chi connectivity index (χ3v) is 5.44. The summed E-state index contributed by atoms with van der Waals surface area (Å²) >= 11 is 0. The van der Waals surface area contributed by atoms with Gasteiger partial charge in [-0.25, -0.2) is 8.78 Å². The molecule has 1 fully saturated rings. The molecule has 3 amide bonds. The summed E-state index contributed by atoms with van der Waals surface area (Å²) < 4.78 is 37.9. The number of carbonyl (C=O) groups is 3. The van der Waals surface area contributed by atoms with E-state index in [0.29, 0.717) is 37.0 Å². The van der Waals surface area contributed by atoms with Crippen LogP contribution in [0.4, 0.5) is 8.78 Å². The molecule has 1 saturated heterocycles. The maximum absolute atomic E-state index is 13.9. The summed E-state index contributed by atoms with van der Waals surface area (Å²) in [5, 5.41) is 0. The number of hydrogen-bond donors (Lipinski definition) is 2. The van der Waals surface area contributed by atoms with Crippen molar-refractivity contribution in [2.45, 2.75) is 32.8 Å². The molecule has 3 rings (SSSR count). The molecular formula is C24H27F2N3O5. The van der Waals surface area contributed by atoms with Crippen LogP contribution in [0.15, 0.2) is 42.5 Å². The Labute approximate surface area is 196 Å². The molecular weight excluding hydrogens is 448 g/mol. The quantitative estimate of drug-likeness (QED) is 0.601. The number of hydrogen-bond acceptors (Lipinski definition) is 5. The highest BCUT2D eigenvalue weighted by Crippen LogP contribution is 2.21. The fraction of sp³-hybridized carbons (Fsp3) is 0.375. The van der Waals surface area contributed by atoms with Gasteiger partial charge in [0.05, 0.1) is 12.2 Å². The predicted molar refractivity (Wildman–Crippen MR) is 119 cm³/mol. The molecule has 34 heavy (non-hydrogen) atoms. The van der Waals surface area contributed by atoms with Gasteiger partial charge in [-0.05, 0) is 63.1 Å². The van der Waals surface area contributed by atoms with Crippen molar-refractivity contribution in [3.63, 3.8) is 0 Å². The molecule has 0 aromatic heterocycles. The van der Waals surface area contributed by atoms with Gasteiger partial charge in [0.15, 0.2) is 6.10 Å². The van der Waals surface area contributed by atoms with Gasteiger partial charge < -0.3 is 14.4 Å². The molecule has 2 N–H and O–H groups in total. The van der Waals surface area contributed by atoms with Gasteiger partial charge >= 0.3 is 0 Å². The minimum Gasteiger partial charge on any atom is -0.494 e. The standard InChI is InChI=1S/C24H27F2N3O5/c1-3-33-18-5-7-19(8-6-18)34-15(2)22(30)27-28-23(31)16-10-12-29(13-11-16)24(32)20-9-4-17(25)14-21(20)26/h4-9,14-16H,3,10-13H2,1-2H3,(H,27,30)(H,28,31). The van der Waals surface area contributed by atoms with Crippen LogP contribution >= 0.6 is 0 Å². The van der Waals surface area contributed by atoms with E-state index >= 15 is 0 Å². The number of benzene rings is 2. The third kappa shape index (κ3) is 6.43. The van der Waals surface area contributed by atoms with Crippen molar-refractivity contribution >= 4 is 17.7 Å². The first kappa shape index (κ1) is 24.9. The lowest BCUT2D eigenvalue weighted by atomic mass is 9.95. The number of carbonyl (C=O) groups excluding carboxylic acids is 3. The van der Waals surface area contributed by atoms with E-state index in [0.717, 1.165) is 12.1 Å². The van der Waals surface area contributed by atoms with Gasteiger partial charge in [0.25, 0.3) is 11.8 Å². The van der Waals surface area contributed by atoms with E-state index in [1.807, 2.05) is 6.92 Å². The number of ether oxygens (including phenoxy) is 2. The molecule has 0 aliphatic carbocycles. The molecule has 2 aromatic rings. The number of halogens is 2. The van der Waals surface area contributed by atoms with E-state index in [2.05, 4.69) is 10.9 Å². The summed E-state index contributed by atoms with van der Waals surface area (Å²) in [5.74, 6) is -2.40. The monoisotopic (exact) mass is 475 g/mol. The van der Waals surface area contributed by atoms with Gasteiger partial charge in [0.2, 0.25) is 5.91 Å². The molecule has 1 aliphatic rings. The highest BCUT2D eigenvalue weighted by Gasteiger charge is 2.29. The third-order valence-electron chi connectivity index (χ3n) is 5.44. The minimum absolute atomic E-state index is 0.210. The SMILES string of the molecule is CCOc1ccc(OC(C)C(=O)NNC(=O)C2CCN(C(=O)c3ccc(F)cc3F)CC2)cc1. The average molecular weight is 475 g/mol. The average Bonchev–Trinajstić information content (AvgIpc) is 2.83. The molecule has 8 nitrogen and oxygen atoms in total. The summed E-state index contributed by atoms with van der Waals surface area (Å²) in [6, 6.07) is 9.62. The fourth-order valence-electron chi connectivity index (χ4n) is 3.54. The van der Waals surface area contributed by atoms with Crippen LogP contribution in [0, 0.1) is 17.6 Å². The smallest absolute Gasteiger partial charge is 0.279 e. The maximum atomic E-state index is 13.9. The van der Waals surface area contributed by atoms with E-state index < -0.39 is 35.5 Å². The first-order valence-corrected chi connectivity index (χ1v) is 11.0. The Morgan fingerprint density at radius 3 is 2.29 bits per heavy atom. The molecule has 0 saturated carbocycles. The molecule has 1 atom stereocenters. The number of amides is 3. The van der Waals surface area contributed by atoms with E-state index in [4.69, 9.17) is 9.47 Å². The van der Waals surface area contributed by atoms with Crippen molar-refractivity contribution < 1.29 is 32.6 Å². The Bertz CT molecular complexity index is 1020. The predicted octanol–water partition coefficient (Wildman–Crippen LogP) is 2.83. The summed E-state index contributed by atoms with van der Waals surface area (Å²) in [6.07, 6.45) is -0.175. The van der Waals surface area contributed by atoms with Crippen molar-refractivity contribution in [3.8, 4) is 11.5 Å². The first-order valence-electron chi connectivity index (χ1n) is 11.0. The Kier molecular flexibility index (Phi) is 8.39. The maximum Gasteiger partial charge on any atom is 0.279 e. The number of nitrogens with zero attached hydrogens (tertiary/aromatic N) is 1. The minimum atomic E-state index is -0.922. The van der Waals surface area contributed by atoms with Crippen molar-refractivity contribution in [1.29, 1.82) is 0 Å². The number of nitrogens with one attached hydrogen (secondary N) is 2. The van der Waals surface area contributed by atoms with Crippen LogP contribution < -0.4 is 20.3 Å². The molecule has 0 bridgehead atoms. The van der Waals surface area contributed by atoms with Gasteiger partial charge in [-0.2, -0.15) is 0 Å². The van der Waals surface area contributed by atoms with Crippen molar-refractivity contribution in [2.24, 2.45) is 5.92 Å². The zero-order chi connectivity index (χ0) is 24.7. The van der Waals surface area contributed by atoms with Crippen LogP contribution in [0.2, 0.25) is 0 Å². The molecule has 1 unspecified atom stereocenters. The van der Waals surface area contributed by atoms with Crippen LogP contribution in [-0.4, -0.2) is 48.4 Å². The number of rotatable bonds is 7. The van der Waals surface area contributed by atoms with Gasteiger partial charge in [-0.1, -0.05) is 0 Å². The molecule has 1 aliphatic heterocycles. The summed E-state index contributed by atoms with van der Waals surface area (Å²) in [6.45, 7) is 4.44. The molecule has 10 heteroatoms. The Hall–Kier alpha value is -3.69. The van der Waals surface area contributed by atoms with Crippen molar-refractivity contribution in [2.75, 3.05) is 19.7 Å². The molecule has 2 aromatic carbocycles. The number of piperidine rings is 1. The zero-order valence-electron chi connectivity index (χ0n) is 19.0. The Morgan fingerprint density at radius 2 is 1.68 bits per heavy atom. The lowest BCUT2D eigenvalue weighted by Crippen LogP contribution is -2.51. The second-order valence-corrected chi connectivity index (χ2v) is 7.83. The zero-order valence-corrected chi connectivity index (χ0v) is 19.0. The van der Waals surface area contributed by atoms with E-state index in [9.17, 15) is 23.2 Å². The van der Waals surface area contributed by atoms with Crippen LogP contribution in [0.3, 0.4) is 0 Å². The van der Waals surface area contributed by atoms with Crippen LogP contribution in [0.25, 0.3) is 0 Å². The van der Waals surface area contributed by atoms with Crippen LogP contribution in [0.1, 0.15) is 37.0 Å². The van der Waals surface area contributed by atoms with Crippen LogP contribution in [-0.2, 0) is 9.59 Å². The first-order chi connectivity index (χ1) is 16.3. The van der Waals surface area contributed by atoms with Gasteiger partial charge in [-0.3, -0.25) is 25.2 Å². The number of likely N-dealkylation sites (tertiary alicyclic amines) is 1. The summed E-state index contributed by atoms with van der Waals surface area (Å²) in [4.78, 5) is 38.6. The highest BCUT2D eigenvalue weighted by atomic mass is 19.1. The topological polar surface area (TPSA) is 97.0 Å². The Balaban J connectivity index is 1.43. The van der Waals surface area contributed by atoms with Gasteiger partial charge in [0, 0.05) is 25.1 Å². The van der Waals surface area contributed by atoms with Gasteiger partial charge in [-0.15, -0.1) is 0 Å². The highest BCUT2D eigenvalue weighted by molar-refractivity contribution is 5.94. The lowest BCUT2D eigenvalue weighted by molar-refractivity contribution is -0.134. The second kappa shape index (κ2) is 11.4.